The summed E-state index contributed by atoms with van der Waals surface area (Å²) >= 11 is 0. The first-order valence-electron chi connectivity index (χ1n) is 17.2. The summed E-state index contributed by atoms with van der Waals surface area (Å²) in [4.78, 5) is 10.7. The van der Waals surface area contributed by atoms with Gasteiger partial charge in [0.15, 0.2) is 5.84 Å². The van der Waals surface area contributed by atoms with Gasteiger partial charge in [0, 0.05) is 34.3 Å². The van der Waals surface area contributed by atoms with E-state index in [9.17, 15) is 10.5 Å². The van der Waals surface area contributed by atoms with Gasteiger partial charge in [-0.15, -0.1) is 0 Å². The molecular weight excluding hydrogens is 609 g/mol. The van der Waals surface area contributed by atoms with Crippen LogP contribution < -0.4 is 0 Å². The van der Waals surface area contributed by atoms with Crippen LogP contribution in [0, 0.1) is 34.5 Å². The van der Waals surface area contributed by atoms with Crippen molar-refractivity contribution in [3.8, 4) is 23.3 Å². The van der Waals surface area contributed by atoms with Crippen molar-refractivity contribution in [2.45, 2.75) is 25.7 Å². The molecule has 4 aromatic rings. The van der Waals surface area contributed by atoms with E-state index in [1.807, 2.05) is 36.4 Å². The lowest BCUT2D eigenvalue weighted by molar-refractivity contribution is 0.718. The number of amidine groups is 1. The summed E-state index contributed by atoms with van der Waals surface area (Å²) in [5.74, 6) is 0.641. The van der Waals surface area contributed by atoms with Crippen molar-refractivity contribution < 1.29 is 0 Å². The number of rotatable bonds is 6. The zero-order valence-electron chi connectivity index (χ0n) is 27.6. The number of benzene rings is 4. The molecule has 238 valence electrons. The molecule has 2 unspecified atom stereocenters. The second-order valence-electron chi connectivity index (χ2n) is 13.0. The Labute approximate surface area is 293 Å². The fourth-order valence-corrected chi connectivity index (χ4v) is 7.35. The van der Waals surface area contributed by atoms with E-state index in [0.29, 0.717) is 23.4 Å². The highest BCUT2D eigenvalue weighted by molar-refractivity contribution is 6.12. The van der Waals surface area contributed by atoms with Gasteiger partial charge in [0.2, 0.25) is 0 Å². The van der Waals surface area contributed by atoms with Gasteiger partial charge in [-0.3, -0.25) is 0 Å². The van der Waals surface area contributed by atoms with E-state index < -0.39 is 0 Å². The van der Waals surface area contributed by atoms with Crippen LogP contribution in [-0.4, -0.2) is 11.5 Å². The first kappa shape index (κ1) is 30.9. The first-order chi connectivity index (χ1) is 24.7. The number of nitrogens with zero attached hydrogens (tertiary/aromatic N) is 4. The van der Waals surface area contributed by atoms with Crippen LogP contribution in [-0.2, 0) is 0 Å². The van der Waals surface area contributed by atoms with Crippen LogP contribution in [0.5, 0.6) is 0 Å². The van der Waals surface area contributed by atoms with Gasteiger partial charge in [-0.05, 0) is 107 Å². The molecule has 4 nitrogen and oxygen atoms in total. The largest absolute Gasteiger partial charge is 0.236 e. The molecule has 2 atom stereocenters. The third-order valence-electron chi connectivity index (χ3n) is 9.95. The van der Waals surface area contributed by atoms with Gasteiger partial charge >= 0.3 is 0 Å². The van der Waals surface area contributed by atoms with Gasteiger partial charge in [-0.1, -0.05) is 103 Å². The topological polar surface area (TPSA) is 72.3 Å². The lowest BCUT2D eigenvalue weighted by Gasteiger charge is -2.34. The Kier molecular flexibility index (Phi) is 8.44. The zero-order chi connectivity index (χ0) is 33.9. The SMILES string of the molecule is N#CC1=CCC(C2=NC(c3ccc(C#N)cc3)=NC3=C(C4=CCCC(c5ccccc5)=C4)C=C(c4cccc(-c5ccccc5)c4)CC23)C=C1. The molecule has 4 aliphatic rings. The third-order valence-corrected chi connectivity index (χ3v) is 9.95. The second-order valence-corrected chi connectivity index (χ2v) is 13.0. The van der Waals surface area contributed by atoms with E-state index in [-0.39, 0.29) is 11.8 Å². The summed E-state index contributed by atoms with van der Waals surface area (Å²) < 4.78 is 0. The molecule has 0 spiro atoms. The minimum absolute atomic E-state index is 0.0305. The standard InChI is InChI=1S/C46H34N4/c47-29-31-17-21-35(22-18-31)44-43-28-41(39-15-7-13-37(25-39)33-9-3-1-4-10-33)27-42(40-16-8-14-38(26-40)34-11-5-2-6-12-34)45(43)50-46(49-44)36-23-19-32(30-48)20-24-36/h1-7,9-13,15-21,23-27,35,43H,8,14,22,28H2. The van der Waals surface area contributed by atoms with Crippen LogP contribution in [0.3, 0.4) is 0 Å². The zero-order valence-corrected chi connectivity index (χ0v) is 27.6. The lowest BCUT2D eigenvalue weighted by atomic mass is 9.74. The monoisotopic (exact) mass is 642 g/mol. The van der Waals surface area contributed by atoms with Crippen molar-refractivity contribution in [2.75, 3.05) is 0 Å². The predicted molar refractivity (Wildman–Crippen MR) is 203 cm³/mol. The minimum Gasteiger partial charge on any atom is -0.236 e. The molecule has 4 heteroatoms. The molecule has 3 aliphatic carbocycles. The molecule has 50 heavy (non-hydrogen) atoms. The molecule has 0 amide bonds. The van der Waals surface area contributed by atoms with E-state index in [2.05, 4.69) is 121 Å². The predicted octanol–water partition coefficient (Wildman–Crippen LogP) is 10.6. The Bertz CT molecular complexity index is 2310. The molecular formula is C46H34N4. The number of aliphatic imine (C=N–C) groups is 2. The van der Waals surface area contributed by atoms with Crippen LogP contribution in [0.15, 0.2) is 178 Å². The summed E-state index contributed by atoms with van der Waals surface area (Å²) in [6.07, 6.45) is 16.6. The van der Waals surface area contributed by atoms with Gasteiger partial charge in [0.1, 0.15) is 0 Å². The van der Waals surface area contributed by atoms with Gasteiger partial charge in [-0.2, -0.15) is 10.5 Å². The van der Waals surface area contributed by atoms with Crippen molar-refractivity contribution in [3.05, 3.63) is 190 Å². The molecule has 0 saturated heterocycles. The number of fused-ring (bicyclic) bond motifs is 1. The van der Waals surface area contributed by atoms with Gasteiger partial charge in [-0.25, -0.2) is 9.98 Å². The third kappa shape index (κ3) is 6.16. The second kappa shape index (κ2) is 13.6. The normalized spacial score (nSPS) is 19.8. The minimum atomic E-state index is -0.0457. The quantitative estimate of drug-likeness (QED) is 0.210. The van der Waals surface area contributed by atoms with Crippen molar-refractivity contribution >= 4 is 22.7 Å². The molecule has 0 fully saturated rings. The highest BCUT2D eigenvalue weighted by atomic mass is 15.0. The molecule has 0 bridgehead atoms. The van der Waals surface area contributed by atoms with Crippen molar-refractivity contribution in [1.82, 2.24) is 0 Å². The molecule has 0 N–H and O–H groups in total. The molecule has 0 radical (unpaired) electrons. The van der Waals surface area contributed by atoms with Gasteiger partial charge in [0.25, 0.3) is 0 Å². The Morgan fingerprint density at radius 2 is 1.38 bits per heavy atom. The molecule has 1 aliphatic heterocycles. The highest BCUT2D eigenvalue weighted by Gasteiger charge is 2.36. The maximum Gasteiger partial charge on any atom is 0.159 e. The van der Waals surface area contributed by atoms with Crippen molar-refractivity contribution in [2.24, 2.45) is 21.8 Å². The smallest absolute Gasteiger partial charge is 0.159 e. The van der Waals surface area contributed by atoms with Crippen LogP contribution in [0.25, 0.3) is 22.3 Å². The van der Waals surface area contributed by atoms with E-state index in [1.165, 1.54) is 39.0 Å². The lowest BCUT2D eigenvalue weighted by Crippen LogP contribution is -2.31. The van der Waals surface area contributed by atoms with E-state index in [4.69, 9.17) is 9.98 Å². The molecule has 8 rings (SSSR count). The Morgan fingerprint density at radius 3 is 2.10 bits per heavy atom. The molecule has 0 aromatic heterocycles. The van der Waals surface area contributed by atoms with Crippen LogP contribution >= 0.6 is 0 Å². The summed E-state index contributed by atoms with van der Waals surface area (Å²) in [5.41, 5.74) is 14.0. The molecule has 0 saturated carbocycles. The summed E-state index contributed by atoms with van der Waals surface area (Å²) in [6.45, 7) is 0. The molecule has 1 heterocycles. The average Bonchev–Trinajstić information content (AvgIpc) is 3.21. The molecule has 4 aromatic carbocycles. The van der Waals surface area contributed by atoms with E-state index in [0.717, 1.165) is 41.8 Å². The van der Waals surface area contributed by atoms with Crippen LogP contribution in [0.2, 0.25) is 0 Å². The first-order valence-corrected chi connectivity index (χ1v) is 17.2. The maximum atomic E-state index is 9.59. The van der Waals surface area contributed by atoms with Gasteiger partial charge < -0.3 is 0 Å². The van der Waals surface area contributed by atoms with Crippen molar-refractivity contribution in [1.29, 1.82) is 10.5 Å². The summed E-state index contributed by atoms with van der Waals surface area (Å²) in [6, 6.07) is 42.1. The van der Waals surface area contributed by atoms with Gasteiger partial charge in [0.05, 0.1) is 23.4 Å². The fourth-order valence-electron chi connectivity index (χ4n) is 7.35. The Balaban J connectivity index is 1.31. The Morgan fingerprint density at radius 1 is 0.640 bits per heavy atom. The van der Waals surface area contributed by atoms with E-state index in [1.54, 1.807) is 0 Å². The summed E-state index contributed by atoms with van der Waals surface area (Å²) in [7, 11) is 0. The average molecular weight is 643 g/mol. The number of hydrogen-bond donors (Lipinski definition) is 0. The summed E-state index contributed by atoms with van der Waals surface area (Å²) in [5, 5.41) is 19.0. The fraction of sp³-hybridized carbons (Fsp3) is 0.130. The van der Waals surface area contributed by atoms with Crippen LogP contribution in [0.1, 0.15) is 47.9 Å². The highest BCUT2D eigenvalue weighted by Crippen LogP contribution is 2.45. The number of nitriles is 2. The number of hydrogen-bond acceptors (Lipinski definition) is 4. The van der Waals surface area contributed by atoms with Crippen LogP contribution in [0.4, 0.5) is 0 Å². The maximum absolute atomic E-state index is 9.59. The number of allylic oxidation sites excluding steroid dienone is 12. The van der Waals surface area contributed by atoms with E-state index >= 15 is 0 Å². The Hall–Kier alpha value is -6.36. The van der Waals surface area contributed by atoms with Crippen molar-refractivity contribution in [3.63, 3.8) is 0 Å².